The number of methoxy groups -OCH3 is 3. The second-order valence-electron chi connectivity index (χ2n) is 4.25. The van der Waals surface area contributed by atoms with Crippen molar-refractivity contribution in [2.24, 2.45) is 11.8 Å². The molecule has 0 fully saturated rings. The van der Waals surface area contributed by atoms with Crippen LogP contribution in [0.3, 0.4) is 0 Å². The Bertz CT molecular complexity index is 196. The second-order valence-corrected chi connectivity index (χ2v) is 4.25. The molecule has 0 aromatic carbocycles. The Hall–Kier alpha value is -0.420. The SMILES string of the molecule is C=C[C@H](OC)[C@@H](C)[C@@H](OC)[C@@H](C)COCOC. The highest BCUT2D eigenvalue weighted by Crippen LogP contribution is 2.22. The Kier molecular flexibility index (Phi) is 9.36. The Balaban J connectivity index is 4.31. The Morgan fingerprint density at radius 3 is 2.18 bits per heavy atom. The summed E-state index contributed by atoms with van der Waals surface area (Å²) in [6.45, 7) is 8.87. The molecule has 0 aliphatic rings. The van der Waals surface area contributed by atoms with Crippen molar-refractivity contribution >= 4 is 0 Å². The molecule has 4 nitrogen and oxygen atoms in total. The summed E-state index contributed by atoms with van der Waals surface area (Å²) in [4.78, 5) is 0. The number of hydrogen-bond donors (Lipinski definition) is 0. The van der Waals surface area contributed by atoms with E-state index in [0.29, 0.717) is 13.4 Å². The van der Waals surface area contributed by atoms with Crippen LogP contribution in [0, 0.1) is 11.8 Å². The Morgan fingerprint density at radius 2 is 1.76 bits per heavy atom. The van der Waals surface area contributed by atoms with Gasteiger partial charge in [0.1, 0.15) is 6.79 Å². The summed E-state index contributed by atoms with van der Waals surface area (Å²) in [5.41, 5.74) is 0. The molecule has 0 spiro atoms. The van der Waals surface area contributed by atoms with Crippen LogP contribution in [0.15, 0.2) is 12.7 Å². The third-order valence-corrected chi connectivity index (χ3v) is 2.96. The minimum atomic E-state index is -0.00942. The van der Waals surface area contributed by atoms with E-state index in [1.165, 1.54) is 0 Å². The van der Waals surface area contributed by atoms with E-state index in [0.717, 1.165) is 0 Å². The lowest BCUT2D eigenvalue weighted by Crippen LogP contribution is -2.37. The van der Waals surface area contributed by atoms with Gasteiger partial charge in [0.05, 0.1) is 18.8 Å². The van der Waals surface area contributed by atoms with Crippen molar-refractivity contribution in [1.29, 1.82) is 0 Å². The third-order valence-electron chi connectivity index (χ3n) is 2.96. The molecule has 0 heterocycles. The normalized spacial score (nSPS) is 18.4. The van der Waals surface area contributed by atoms with Gasteiger partial charge in [-0.05, 0) is 0 Å². The summed E-state index contributed by atoms with van der Waals surface area (Å²) >= 11 is 0. The van der Waals surface area contributed by atoms with Crippen molar-refractivity contribution in [3.63, 3.8) is 0 Å². The molecule has 0 N–H and O–H groups in total. The summed E-state index contributed by atoms with van der Waals surface area (Å²) in [6.07, 6.45) is 1.86. The van der Waals surface area contributed by atoms with Crippen molar-refractivity contribution in [3.8, 4) is 0 Å². The molecule has 17 heavy (non-hydrogen) atoms. The molecular weight excluding hydrogens is 220 g/mol. The van der Waals surface area contributed by atoms with Gasteiger partial charge in [-0.1, -0.05) is 19.9 Å². The predicted octanol–water partition coefficient (Wildman–Crippen LogP) is 2.10. The fraction of sp³-hybridized carbons (Fsp3) is 0.846. The molecule has 0 aromatic rings. The topological polar surface area (TPSA) is 36.9 Å². The first-order valence-electron chi connectivity index (χ1n) is 5.87. The monoisotopic (exact) mass is 246 g/mol. The van der Waals surface area contributed by atoms with Gasteiger partial charge in [0.2, 0.25) is 0 Å². The van der Waals surface area contributed by atoms with Gasteiger partial charge in [0.25, 0.3) is 0 Å². The molecule has 0 aliphatic heterocycles. The van der Waals surface area contributed by atoms with E-state index < -0.39 is 0 Å². The van der Waals surface area contributed by atoms with E-state index in [4.69, 9.17) is 18.9 Å². The zero-order chi connectivity index (χ0) is 13.3. The van der Waals surface area contributed by atoms with E-state index in [1.807, 2.05) is 0 Å². The van der Waals surface area contributed by atoms with E-state index >= 15 is 0 Å². The Morgan fingerprint density at radius 1 is 1.12 bits per heavy atom. The molecule has 0 saturated heterocycles. The van der Waals surface area contributed by atoms with Gasteiger partial charge < -0.3 is 18.9 Å². The quantitative estimate of drug-likeness (QED) is 0.336. The lowest BCUT2D eigenvalue weighted by atomic mass is 9.89. The predicted molar refractivity (Wildman–Crippen MR) is 67.9 cm³/mol. The molecule has 0 aromatic heterocycles. The first-order valence-corrected chi connectivity index (χ1v) is 5.87. The van der Waals surface area contributed by atoms with Crippen LogP contribution in [0.2, 0.25) is 0 Å². The van der Waals surface area contributed by atoms with Crippen LogP contribution in [-0.2, 0) is 18.9 Å². The van der Waals surface area contributed by atoms with Crippen molar-refractivity contribution in [2.75, 3.05) is 34.7 Å². The zero-order valence-electron chi connectivity index (χ0n) is 11.6. The summed E-state index contributed by atoms with van der Waals surface area (Å²) in [6, 6.07) is 0. The number of ether oxygens (including phenoxy) is 4. The van der Waals surface area contributed by atoms with Gasteiger partial charge >= 0.3 is 0 Å². The first kappa shape index (κ1) is 16.6. The maximum absolute atomic E-state index is 5.54. The zero-order valence-corrected chi connectivity index (χ0v) is 11.6. The first-order chi connectivity index (χ1) is 8.12. The van der Waals surface area contributed by atoms with Crippen molar-refractivity contribution < 1.29 is 18.9 Å². The summed E-state index contributed by atoms with van der Waals surface area (Å²) < 4.78 is 21.1. The van der Waals surface area contributed by atoms with Crippen LogP contribution in [-0.4, -0.2) is 46.9 Å². The summed E-state index contributed by atoms with van der Waals surface area (Å²) in [5, 5.41) is 0. The van der Waals surface area contributed by atoms with E-state index in [2.05, 4.69) is 20.4 Å². The van der Waals surface area contributed by atoms with Crippen LogP contribution < -0.4 is 0 Å². The molecule has 0 amide bonds. The van der Waals surface area contributed by atoms with E-state index in [1.54, 1.807) is 27.4 Å². The van der Waals surface area contributed by atoms with Gasteiger partial charge in [-0.25, -0.2) is 0 Å². The standard InChI is InChI=1S/C13H26O4/c1-7-12(15-5)11(3)13(16-6)10(2)8-17-9-14-4/h7,10-13H,1,8-9H2,2-6H3/t10-,11+,12-,13-/m0/s1. The highest BCUT2D eigenvalue weighted by Gasteiger charge is 2.28. The molecule has 4 heteroatoms. The van der Waals surface area contributed by atoms with Gasteiger partial charge in [0.15, 0.2) is 0 Å². The van der Waals surface area contributed by atoms with Gasteiger partial charge in [-0.3, -0.25) is 0 Å². The molecule has 0 radical (unpaired) electrons. The van der Waals surface area contributed by atoms with Crippen LogP contribution in [0.5, 0.6) is 0 Å². The fourth-order valence-electron chi connectivity index (χ4n) is 2.09. The Labute approximate surface area is 105 Å². The molecule has 4 atom stereocenters. The number of rotatable bonds is 10. The van der Waals surface area contributed by atoms with Crippen LogP contribution in [0.25, 0.3) is 0 Å². The molecule has 0 rings (SSSR count). The van der Waals surface area contributed by atoms with E-state index in [-0.39, 0.29) is 24.0 Å². The molecule has 0 bridgehead atoms. The molecule has 0 aliphatic carbocycles. The lowest BCUT2D eigenvalue weighted by molar-refractivity contribution is -0.0846. The van der Waals surface area contributed by atoms with Crippen LogP contribution in [0.4, 0.5) is 0 Å². The minimum absolute atomic E-state index is 0.00942. The van der Waals surface area contributed by atoms with Gasteiger partial charge in [-0.15, -0.1) is 6.58 Å². The maximum atomic E-state index is 5.54. The fourth-order valence-corrected chi connectivity index (χ4v) is 2.09. The highest BCUT2D eigenvalue weighted by molar-refractivity contribution is 4.89. The van der Waals surface area contributed by atoms with E-state index in [9.17, 15) is 0 Å². The van der Waals surface area contributed by atoms with Gasteiger partial charge in [0, 0.05) is 33.2 Å². The van der Waals surface area contributed by atoms with Gasteiger partial charge in [-0.2, -0.15) is 0 Å². The van der Waals surface area contributed by atoms with Crippen molar-refractivity contribution in [1.82, 2.24) is 0 Å². The largest absolute Gasteiger partial charge is 0.381 e. The van der Waals surface area contributed by atoms with Crippen LogP contribution in [0.1, 0.15) is 13.8 Å². The average molecular weight is 246 g/mol. The third kappa shape index (κ3) is 5.64. The highest BCUT2D eigenvalue weighted by atomic mass is 16.7. The molecule has 0 unspecified atom stereocenters. The minimum Gasteiger partial charge on any atom is -0.381 e. The molecule has 102 valence electrons. The average Bonchev–Trinajstić information content (AvgIpc) is 2.32. The van der Waals surface area contributed by atoms with Crippen molar-refractivity contribution in [3.05, 3.63) is 12.7 Å². The summed E-state index contributed by atoms with van der Waals surface area (Å²) in [5.74, 6) is 0.492. The van der Waals surface area contributed by atoms with Crippen LogP contribution >= 0.6 is 0 Å². The molecular formula is C13H26O4. The summed E-state index contributed by atoms with van der Waals surface area (Å²) in [7, 11) is 5.01. The smallest absolute Gasteiger partial charge is 0.146 e. The van der Waals surface area contributed by atoms with Crippen molar-refractivity contribution in [2.45, 2.75) is 26.1 Å². The molecule has 0 saturated carbocycles. The number of hydrogen-bond acceptors (Lipinski definition) is 4. The second kappa shape index (κ2) is 9.59. The lowest BCUT2D eigenvalue weighted by Gasteiger charge is -2.31. The maximum Gasteiger partial charge on any atom is 0.146 e.